The third-order valence-corrected chi connectivity index (χ3v) is 4.80. The minimum Gasteiger partial charge on any atom is -0.406 e. The molecule has 0 bridgehead atoms. The zero-order valence-electron chi connectivity index (χ0n) is 17.6. The summed E-state index contributed by atoms with van der Waals surface area (Å²) in [4.78, 5) is 9.03. The normalized spacial score (nSPS) is 12.3. The Morgan fingerprint density at radius 3 is 2.52 bits per heavy atom. The Labute approximate surface area is 179 Å². The Kier molecular flexibility index (Phi) is 6.99. The Morgan fingerprint density at radius 1 is 1.03 bits per heavy atom. The number of nitrogens with one attached hydrogen (secondary N) is 2. The van der Waals surface area contributed by atoms with Gasteiger partial charge in [0, 0.05) is 24.2 Å². The van der Waals surface area contributed by atoms with Crippen LogP contribution in [0.2, 0.25) is 0 Å². The van der Waals surface area contributed by atoms with Gasteiger partial charge in [-0.15, -0.1) is 13.2 Å². The second kappa shape index (κ2) is 9.68. The molecule has 1 heterocycles. The molecule has 0 saturated heterocycles. The van der Waals surface area contributed by atoms with Gasteiger partial charge < -0.3 is 15.4 Å². The highest BCUT2D eigenvalue weighted by Gasteiger charge is 2.31. The average molecular weight is 430 g/mol. The lowest BCUT2D eigenvalue weighted by Gasteiger charge is -2.15. The van der Waals surface area contributed by atoms with E-state index in [1.807, 2.05) is 45.0 Å². The number of nitrogens with zero attached hydrogens (tertiary/aromatic N) is 2. The van der Waals surface area contributed by atoms with Crippen molar-refractivity contribution in [2.75, 3.05) is 10.6 Å². The van der Waals surface area contributed by atoms with Crippen LogP contribution in [0, 0.1) is 6.92 Å². The molecule has 0 spiro atoms. The fourth-order valence-electron chi connectivity index (χ4n) is 2.92. The van der Waals surface area contributed by atoms with Crippen molar-refractivity contribution in [3.05, 3.63) is 65.7 Å². The molecule has 0 radical (unpaired) electrons. The number of aryl methyl sites for hydroxylation is 1. The zero-order valence-corrected chi connectivity index (χ0v) is 17.6. The molecule has 0 aliphatic rings. The van der Waals surface area contributed by atoms with Gasteiger partial charge in [0.15, 0.2) is 0 Å². The predicted octanol–water partition coefficient (Wildman–Crippen LogP) is 6.17. The first-order chi connectivity index (χ1) is 14.7. The van der Waals surface area contributed by atoms with Gasteiger partial charge in [-0.2, -0.15) is 4.98 Å². The molecule has 0 aliphatic carbocycles. The second-order valence-corrected chi connectivity index (χ2v) is 7.27. The molecular formula is C23H25F3N4O. The van der Waals surface area contributed by atoms with E-state index in [4.69, 9.17) is 0 Å². The third kappa shape index (κ3) is 6.60. The maximum atomic E-state index is 12.6. The summed E-state index contributed by atoms with van der Waals surface area (Å²) < 4.78 is 41.9. The van der Waals surface area contributed by atoms with Crippen LogP contribution in [-0.2, 0) is 6.54 Å². The molecule has 0 amide bonds. The summed E-state index contributed by atoms with van der Waals surface area (Å²) in [7, 11) is 0. The monoisotopic (exact) mass is 430 g/mol. The summed E-state index contributed by atoms with van der Waals surface area (Å²) >= 11 is 0. The molecule has 1 atom stereocenters. The Morgan fingerprint density at radius 2 is 1.81 bits per heavy atom. The molecule has 31 heavy (non-hydrogen) atoms. The van der Waals surface area contributed by atoms with E-state index < -0.39 is 6.36 Å². The number of aromatic nitrogens is 2. The van der Waals surface area contributed by atoms with E-state index in [9.17, 15) is 13.2 Å². The molecule has 3 rings (SSSR count). The zero-order chi connectivity index (χ0) is 22.4. The van der Waals surface area contributed by atoms with E-state index >= 15 is 0 Å². The van der Waals surface area contributed by atoms with Crippen LogP contribution >= 0.6 is 0 Å². The van der Waals surface area contributed by atoms with Crippen LogP contribution in [0.3, 0.4) is 0 Å². The number of halogens is 3. The number of alkyl halides is 3. The molecular weight excluding hydrogens is 405 g/mol. The summed E-state index contributed by atoms with van der Waals surface area (Å²) in [6, 6.07) is 15.6. The Hall–Kier alpha value is -3.29. The summed E-state index contributed by atoms with van der Waals surface area (Å²) in [6.07, 6.45) is -3.89. The van der Waals surface area contributed by atoms with E-state index in [-0.39, 0.29) is 11.8 Å². The number of hydrogen-bond acceptors (Lipinski definition) is 5. The predicted molar refractivity (Wildman–Crippen MR) is 116 cm³/mol. The molecule has 0 saturated carbocycles. The van der Waals surface area contributed by atoms with Crippen molar-refractivity contribution >= 4 is 11.8 Å². The standard InChI is InChI=1S/C23H25F3N4O/c1-4-16(3)28-22-29-20(17-10-7-11-19(12-17)31-23(24,25)26)13-21(30-22)27-14-18-9-6-5-8-15(18)2/h5-13,16H,4,14H2,1-3H3,(H2,27,28,29,30)/t16-/m0/s1. The smallest absolute Gasteiger partial charge is 0.406 e. The Bertz CT molecular complexity index is 1020. The highest BCUT2D eigenvalue weighted by atomic mass is 19.4. The van der Waals surface area contributed by atoms with E-state index in [0.29, 0.717) is 29.6 Å². The highest BCUT2D eigenvalue weighted by molar-refractivity contribution is 5.66. The maximum Gasteiger partial charge on any atom is 0.573 e. The third-order valence-electron chi connectivity index (χ3n) is 4.80. The summed E-state index contributed by atoms with van der Waals surface area (Å²) in [5, 5.41) is 6.53. The van der Waals surface area contributed by atoms with Crippen molar-refractivity contribution in [2.45, 2.75) is 46.1 Å². The highest BCUT2D eigenvalue weighted by Crippen LogP contribution is 2.29. The number of ether oxygens (including phenoxy) is 1. The van der Waals surface area contributed by atoms with Crippen LogP contribution in [-0.4, -0.2) is 22.4 Å². The molecule has 0 fully saturated rings. The Balaban J connectivity index is 1.92. The molecule has 0 aliphatic heterocycles. The van der Waals surface area contributed by atoms with Crippen molar-refractivity contribution in [1.82, 2.24) is 9.97 Å². The van der Waals surface area contributed by atoms with Gasteiger partial charge in [0.2, 0.25) is 5.95 Å². The minimum absolute atomic E-state index is 0.138. The van der Waals surface area contributed by atoms with Crippen molar-refractivity contribution in [1.29, 1.82) is 0 Å². The van der Waals surface area contributed by atoms with Crippen LogP contribution in [0.25, 0.3) is 11.3 Å². The SMILES string of the molecule is CC[C@H](C)Nc1nc(NCc2ccccc2C)cc(-c2cccc(OC(F)(F)F)c2)n1. The maximum absolute atomic E-state index is 12.6. The van der Waals surface area contributed by atoms with Crippen LogP contribution in [0.1, 0.15) is 31.4 Å². The van der Waals surface area contributed by atoms with Crippen LogP contribution < -0.4 is 15.4 Å². The molecule has 0 unspecified atom stereocenters. The molecule has 2 N–H and O–H groups in total. The number of hydrogen-bond donors (Lipinski definition) is 2. The summed E-state index contributed by atoms with van der Waals surface area (Å²) in [6.45, 7) is 6.64. The molecule has 8 heteroatoms. The topological polar surface area (TPSA) is 59.1 Å². The number of rotatable bonds is 8. The lowest BCUT2D eigenvalue weighted by atomic mass is 10.1. The van der Waals surface area contributed by atoms with Crippen molar-refractivity contribution in [3.63, 3.8) is 0 Å². The minimum atomic E-state index is -4.76. The second-order valence-electron chi connectivity index (χ2n) is 7.27. The molecule has 164 valence electrons. The van der Waals surface area contributed by atoms with E-state index in [0.717, 1.165) is 17.5 Å². The summed E-state index contributed by atoms with van der Waals surface area (Å²) in [5.41, 5.74) is 3.26. The van der Waals surface area contributed by atoms with E-state index in [1.165, 1.54) is 18.2 Å². The largest absolute Gasteiger partial charge is 0.573 e. The first-order valence-corrected chi connectivity index (χ1v) is 10.0. The van der Waals surface area contributed by atoms with Crippen LogP contribution in [0.15, 0.2) is 54.6 Å². The number of benzene rings is 2. The van der Waals surface area contributed by atoms with Gasteiger partial charge >= 0.3 is 6.36 Å². The van der Waals surface area contributed by atoms with Gasteiger partial charge in [-0.25, -0.2) is 4.98 Å². The number of anilines is 2. The van der Waals surface area contributed by atoms with E-state index in [2.05, 4.69) is 25.3 Å². The molecule has 5 nitrogen and oxygen atoms in total. The van der Waals surface area contributed by atoms with Crippen LogP contribution in [0.4, 0.5) is 24.9 Å². The average Bonchev–Trinajstić information content (AvgIpc) is 2.72. The first kappa shape index (κ1) is 22.4. The van der Waals surface area contributed by atoms with Gasteiger partial charge in [-0.1, -0.05) is 43.3 Å². The van der Waals surface area contributed by atoms with Gasteiger partial charge in [0.05, 0.1) is 5.69 Å². The van der Waals surface area contributed by atoms with E-state index in [1.54, 1.807) is 12.1 Å². The quantitative estimate of drug-likeness (QED) is 0.447. The van der Waals surface area contributed by atoms with Gasteiger partial charge in [-0.3, -0.25) is 0 Å². The van der Waals surface area contributed by atoms with Gasteiger partial charge in [0.1, 0.15) is 11.6 Å². The fraction of sp³-hybridized carbons (Fsp3) is 0.304. The first-order valence-electron chi connectivity index (χ1n) is 10.0. The van der Waals surface area contributed by atoms with Crippen molar-refractivity contribution in [2.24, 2.45) is 0 Å². The van der Waals surface area contributed by atoms with Crippen LogP contribution in [0.5, 0.6) is 5.75 Å². The van der Waals surface area contributed by atoms with Gasteiger partial charge in [-0.05, 0) is 43.5 Å². The molecule has 3 aromatic rings. The van der Waals surface area contributed by atoms with Crippen molar-refractivity contribution in [3.8, 4) is 17.0 Å². The van der Waals surface area contributed by atoms with Crippen molar-refractivity contribution < 1.29 is 17.9 Å². The lowest BCUT2D eigenvalue weighted by molar-refractivity contribution is -0.274. The molecule has 1 aromatic heterocycles. The fourth-order valence-corrected chi connectivity index (χ4v) is 2.92. The lowest BCUT2D eigenvalue weighted by Crippen LogP contribution is -2.17. The van der Waals surface area contributed by atoms with Gasteiger partial charge in [0.25, 0.3) is 0 Å². The molecule has 2 aromatic carbocycles. The summed E-state index contributed by atoms with van der Waals surface area (Å²) in [5.74, 6) is 0.678.